The minimum atomic E-state index is -4.81. The third-order valence-corrected chi connectivity index (χ3v) is 6.03. The van der Waals surface area contributed by atoms with E-state index in [1.807, 2.05) is 0 Å². The number of hydrogen-bond acceptors (Lipinski definition) is 9. The standard InChI is InChI=1S/C24H23F3N8O3S/c25-24(26,27)38-18-7-3-5-16(13-18)14-20(36)29-19-10-9-17(31-32-19)6-1-2-8-22-33-34-23(39-22)30-21(37)15-35-12-4-11-28-35/h3-5,7,9-13H,1-2,6,8,14-15H2,(H,29,32,36)(H,30,34,37). The topological polar surface area (TPSA) is 137 Å². The summed E-state index contributed by atoms with van der Waals surface area (Å²) in [7, 11) is 0. The highest BCUT2D eigenvalue weighted by molar-refractivity contribution is 7.15. The molecule has 15 heteroatoms. The van der Waals surface area contributed by atoms with Gasteiger partial charge in [0.2, 0.25) is 16.9 Å². The van der Waals surface area contributed by atoms with Crippen molar-refractivity contribution < 1.29 is 27.5 Å². The van der Waals surface area contributed by atoms with E-state index in [1.165, 1.54) is 28.2 Å². The lowest BCUT2D eigenvalue weighted by Gasteiger charge is -2.10. The van der Waals surface area contributed by atoms with E-state index in [2.05, 4.69) is 40.9 Å². The first kappa shape index (κ1) is 27.6. The SMILES string of the molecule is O=C(Cc1cccc(OC(F)(F)F)c1)Nc1ccc(CCCCc2nnc(NC(=O)Cn3cccn3)s2)nn1. The number of aromatic nitrogens is 6. The molecule has 0 bridgehead atoms. The molecular formula is C24H23F3N8O3S. The van der Waals surface area contributed by atoms with Gasteiger partial charge >= 0.3 is 6.36 Å². The number of nitrogens with one attached hydrogen (secondary N) is 2. The number of nitrogens with zero attached hydrogens (tertiary/aromatic N) is 6. The Kier molecular flexibility index (Phi) is 9.14. The van der Waals surface area contributed by atoms with E-state index >= 15 is 0 Å². The normalized spacial score (nSPS) is 11.3. The van der Waals surface area contributed by atoms with Crippen LogP contribution in [0.5, 0.6) is 5.75 Å². The van der Waals surface area contributed by atoms with Crippen LogP contribution in [0.1, 0.15) is 29.1 Å². The average molecular weight is 561 g/mol. The second-order valence-electron chi connectivity index (χ2n) is 8.29. The van der Waals surface area contributed by atoms with Crippen molar-refractivity contribution in [2.24, 2.45) is 0 Å². The van der Waals surface area contributed by atoms with Gasteiger partial charge in [-0.25, -0.2) is 0 Å². The number of rotatable bonds is 12. The number of benzene rings is 1. The van der Waals surface area contributed by atoms with Gasteiger partial charge in [0, 0.05) is 18.8 Å². The average Bonchev–Trinajstić information content (AvgIpc) is 3.54. The maximum absolute atomic E-state index is 12.4. The summed E-state index contributed by atoms with van der Waals surface area (Å²) in [5, 5.41) is 26.7. The number of anilines is 2. The third-order valence-electron chi connectivity index (χ3n) is 5.14. The van der Waals surface area contributed by atoms with Crippen LogP contribution < -0.4 is 15.4 Å². The molecular weight excluding hydrogens is 537 g/mol. The first-order valence-corrected chi connectivity index (χ1v) is 12.6. The predicted octanol–water partition coefficient (Wildman–Crippen LogP) is 3.81. The van der Waals surface area contributed by atoms with Gasteiger partial charge in [-0.1, -0.05) is 23.5 Å². The summed E-state index contributed by atoms with van der Waals surface area (Å²) >= 11 is 1.32. The number of carbonyl (C=O) groups is 2. The summed E-state index contributed by atoms with van der Waals surface area (Å²) in [5.41, 5.74) is 1.10. The van der Waals surface area contributed by atoms with Gasteiger partial charge in [-0.05, 0) is 55.2 Å². The zero-order valence-electron chi connectivity index (χ0n) is 20.4. The Hall–Kier alpha value is -4.40. The van der Waals surface area contributed by atoms with Crippen molar-refractivity contribution in [1.29, 1.82) is 0 Å². The Morgan fingerprint density at radius 2 is 1.79 bits per heavy atom. The number of ether oxygens (including phenoxy) is 1. The van der Waals surface area contributed by atoms with Crippen LogP contribution in [-0.4, -0.2) is 48.4 Å². The molecule has 39 heavy (non-hydrogen) atoms. The van der Waals surface area contributed by atoms with Gasteiger partial charge in [-0.15, -0.1) is 28.5 Å². The monoisotopic (exact) mass is 560 g/mol. The van der Waals surface area contributed by atoms with Crippen LogP contribution in [0, 0.1) is 0 Å². The molecule has 4 aromatic rings. The molecule has 0 radical (unpaired) electrons. The summed E-state index contributed by atoms with van der Waals surface area (Å²) in [6.45, 7) is 0.0973. The van der Waals surface area contributed by atoms with Crippen LogP contribution in [-0.2, 0) is 35.4 Å². The fourth-order valence-electron chi connectivity index (χ4n) is 3.47. The largest absolute Gasteiger partial charge is 0.573 e. The Balaban J connectivity index is 1.15. The second kappa shape index (κ2) is 12.9. The van der Waals surface area contributed by atoms with Crippen LogP contribution in [0.4, 0.5) is 24.1 Å². The van der Waals surface area contributed by atoms with Crippen LogP contribution >= 0.6 is 11.3 Å². The number of carbonyl (C=O) groups excluding carboxylic acids is 2. The van der Waals surface area contributed by atoms with E-state index in [0.717, 1.165) is 35.7 Å². The predicted molar refractivity (Wildman–Crippen MR) is 135 cm³/mol. The van der Waals surface area contributed by atoms with Crippen molar-refractivity contribution in [3.8, 4) is 5.75 Å². The Morgan fingerprint density at radius 1 is 0.949 bits per heavy atom. The van der Waals surface area contributed by atoms with Crippen LogP contribution in [0.2, 0.25) is 0 Å². The molecule has 2 N–H and O–H groups in total. The molecule has 4 rings (SSSR count). The van der Waals surface area contributed by atoms with Crippen molar-refractivity contribution in [3.63, 3.8) is 0 Å². The molecule has 2 amide bonds. The number of amides is 2. The number of unbranched alkanes of at least 4 members (excludes halogenated alkanes) is 1. The molecule has 0 aliphatic rings. The molecule has 0 spiro atoms. The van der Waals surface area contributed by atoms with Crippen molar-refractivity contribution in [1.82, 2.24) is 30.2 Å². The highest BCUT2D eigenvalue weighted by atomic mass is 32.1. The third kappa shape index (κ3) is 9.45. The first-order valence-electron chi connectivity index (χ1n) is 11.8. The van der Waals surface area contributed by atoms with Gasteiger partial charge in [-0.2, -0.15) is 10.2 Å². The molecule has 3 aromatic heterocycles. The van der Waals surface area contributed by atoms with Crippen LogP contribution in [0.25, 0.3) is 0 Å². The van der Waals surface area contributed by atoms with Gasteiger partial charge in [0.25, 0.3) is 0 Å². The number of hydrogen-bond donors (Lipinski definition) is 2. The lowest BCUT2D eigenvalue weighted by Crippen LogP contribution is -2.18. The van der Waals surface area contributed by atoms with Gasteiger partial charge < -0.3 is 10.1 Å². The van der Waals surface area contributed by atoms with E-state index in [9.17, 15) is 22.8 Å². The van der Waals surface area contributed by atoms with E-state index in [1.54, 1.807) is 30.6 Å². The maximum atomic E-state index is 12.4. The fraction of sp³-hybridized carbons (Fsp3) is 0.292. The second-order valence-corrected chi connectivity index (χ2v) is 9.35. The number of aryl methyl sites for hydroxylation is 2. The van der Waals surface area contributed by atoms with Crippen LogP contribution in [0.3, 0.4) is 0 Å². The van der Waals surface area contributed by atoms with E-state index < -0.39 is 18.0 Å². The zero-order valence-corrected chi connectivity index (χ0v) is 21.2. The molecule has 0 atom stereocenters. The highest BCUT2D eigenvalue weighted by Crippen LogP contribution is 2.23. The summed E-state index contributed by atoms with van der Waals surface area (Å²) < 4.78 is 42.5. The van der Waals surface area contributed by atoms with Crippen molar-refractivity contribution in [2.75, 3.05) is 10.6 Å². The van der Waals surface area contributed by atoms with Gasteiger partial charge in [0.05, 0.1) is 12.1 Å². The quantitative estimate of drug-likeness (QED) is 0.250. The molecule has 0 fully saturated rings. The molecule has 0 saturated carbocycles. The Morgan fingerprint density at radius 3 is 2.54 bits per heavy atom. The van der Waals surface area contributed by atoms with E-state index in [-0.39, 0.29) is 24.7 Å². The Bertz CT molecular complexity index is 1380. The van der Waals surface area contributed by atoms with E-state index in [4.69, 9.17) is 0 Å². The van der Waals surface area contributed by atoms with Crippen molar-refractivity contribution >= 4 is 34.1 Å². The molecule has 204 valence electrons. The molecule has 11 nitrogen and oxygen atoms in total. The minimum absolute atomic E-state index is 0.0973. The summed E-state index contributed by atoms with van der Waals surface area (Å²) in [6, 6.07) is 10.3. The molecule has 0 aliphatic carbocycles. The smallest absolute Gasteiger partial charge is 0.406 e. The first-order chi connectivity index (χ1) is 18.7. The lowest BCUT2D eigenvalue weighted by atomic mass is 10.1. The fourth-order valence-corrected chi connectivity index (χ4v) is 4.27. The number of alkyl halides is 3. The van der Waals surface area contributed by atoms with Crippen molar-refractivity contribution in [3.05, 3.63) is 71.1 Å². The molecule has 0 unspecified atom stereocenters. The zero-order chi connectivity index (χ0) is 27.7. The van der Waals surface area contributed by atoms with Gasteiger partial charge in [0.15, 0.2) is 5.82 Å². The molecule has 0 saturated heterocycles. The Labute approximate surface area is 224 Å². The van der Waals surface area contributed by atoms with E-state index in [0.29, 0.717) is 23.5 Å². The van der Waals surface area contributed by atoms with Crippen LogP contribution in [0.15, 0.2) is 54.9 Å². The van der Waals surface area contributed by atoms with Crippen molar-refractivity contribution in [2.45, 2.75) is 45.0 Å². The summed E-state index contributed by atoms with van der Waals surface area (Å²) in [5.74, 6) is -0.835. The van der Waals surface area contributed by atoms with Gasteiger partial charge in [-0.3, -0.25) is 19.6 Å². The summed E-state index contributed by atoms with van der Waals surface area (Å²) in [6.07, 6.45) is 1.35. The maximum Gasteiger partial charge on any atom is 0.573 e. The molecule has 0 aliphatic heterocycles. The highest BCUT2D eigenvalue weighted by Gasteiger charge is 2.31. The minimum Gasteiger partial charge on any atom is -0.406 e. The summed E-state index contributed by atoms with van der Waals surface area (Å²) in [4.78, 5) is 24.3. The molecule has 1 aromatic carbocycles. The lowest BCUT2D eigenvalue weighted by molar-refractivity contribution is -0.274. The van der Waals surface area contributed by atoms with Gasteiger partial charge in [0.1, 0.15) is 17.3 Å². The molecule has 3 heterocycles. The number of halogens is 3.